The lowest BCUT2D eigenvalue weighted by atomic mass is 9.82. The van der Waals surface area contributed by atoms with E-state index in [9.17, 15) is 0 Å². The third kappa shape index (κ3) is 5.22. The second-order valence-electron chi connectivity index (χ2n) is 4.26. The highest BCUT2D eigenvalue weighted by Gasteiger charge is 2.19. The van der Waals surface area contributed by atoms with Crippen LogP contribution in [0.4, 0.5) is 0 Å². The molecule has 0 amide bonds. The molecule has 0 aromatic heterocycles. The van der Waals surface area contributed by atoms with Gasteiger partial charge in [0.1, 0.15) is 0 Å². The van der Waals surface area contributed by atoms with Crippen LogP contribution in [0, 0.1) is 11.3 Å². The van der Waals surface area contributed by atoms with E-state index in [4.69, 9.17) is 5.84 Å². The van der Waals surface area contributed by atoms with E-state index in [1.807, 2.05) is 0 Å². The largest absolute Gasteiger partial charge is 0.271 e. The first-order valence-electron chi connectivity index (χ1n) is 4.45. The summed E-state index contributed by atoms with van der Waals surface area (Å²) in [6, 6.07) is 0. The first-order valence-corrected chi connectivity index (χ1v) is 4.45. The summed E-state index contributed by atoms with van der Waals surface area (Å²) >= 11 is 0. The Morgan fingerprint density at radius 1 is 1.45 bits per heavy atom. The average Bonchev–Trinajstić information content (AvgIpc) is 1.86. The lowest BCUT2D eigenvalue weighted by Gasteiger charge is -2.26. The van der Waals surface area contributed by atoms with Crippen LogP contribution in [0.2, 0.25) is 0 Å². The first-order chi connectivity index (χ1) is 5.02. The molecule has 68 valence electrons. The summed E-state index contributed by atoms with van der Waals surface area (Å²) in [6.07, 6.45) is 2.50. The Bertz CT molecular complexity index is 99.7. The summed E-state index contributed by atoms with van der Waals surface area (Å²) in [5, 5.41) is 0. The van der Waals surface area contributed by atoms with Crippen LogP contribution in [0.1, 0.15) is 40.5 Å². The van der Waals surface area contributed by atoms with Crippen molar-refractivity contribution in [1.82, 2.24) is 5.43 Å². The second kappa shape index (κ2) is 4.73. The molecule has 1 unspecified atom stereocenters. The van der Waals surface area contributed by atoms with E-state index in [-0.39, 0.29) is 0 Å². The maximum absolute atomic E-state index is 5.28. The Balaban J connectivity index is 3.70. The van der Waals surface area contributed by atoms with Crippen molar-refractivity contribution in [2.75, 3.05) is 6.54 Å². The van der Waals surface area contributed by atoms with Crippen LogP contribution < -0.4 is 11.3 Å². The highest BCUT2D eigenvalue weighted by Crippen LogP contribution is 2.25. The molecule has 0 saturated heterocycles. The van der Waals surface area contributed by atoms with Gasteiger partial charge < -0.3 is 0 Å². The van der Waals surface area contributed by atoms with Crippen molar-refractivity contribution in [3.8, 4) is 0 Å². The summed E-state index contributed by atoms with van der Waals surface area (Å²) in [4.78, 5) is 0. The fourth-order valence-corrected chi connectivity index (χ4v) is 1.44. The second-order valence-corrected chi connectivity index (χ2v) is 4.26. The number of hydrogen-bond acceptors (Lipinski definition) is 2. The molecular formula is C9H22N2. The van der Waals surface area contributed by atoms with Gasteiger partial charge >= 0.3 is 0 Å². The third-order valence-electron chi connectivity index (χ3n) is 2.18. The van der Waals surface area contributed by atoms with E-state index in [1.165, 1.54) is 12.8 Å². The van der Waals surface area contributed by atoms with Gasteiger partial charge in [-0.3, -0.25) is 11.3 Å². The van der Waals surface area contributed by atoms with Gasteiger partial charge in [0.2, 0.25) is 0 Å². The van der Waals surface area contributed by atoms with Gasteiger partial charge in [0.15, 0.2) is 0 Å². The minimum Gasteiger partial charge on any atom is -0.271 e. The molecule has 2 nitrogen and oxygen atoms in total. The van der Waals surface area contributed by atoms with Crippen molar-refractivity contribution < 1.29 is 0 Å². The summed E-state index contributed by atoms with van der Waals surface area (Å²) in [7, 11) is 0. The van der Waals surface area contributed by atoms with E-state index >= 15 is 0 Å². The third-order valence-corrected chi connectivity index (χ3v) is 2.18. The molecule has 0 aliphatic heterocycles. The molecule has 0 aliphatic rings. The summed E-state index contributed by atoms with van der Waals surface area (Å²) < 4.78 is 0. The molecular weight excluding hydrogens is 136 g/mol. The number of hydrazine groups is 1. The van der Waals surface area contributed by atoms with Crippen molar-refractivity contribution in [2.24, 2.45) is 17.2 Å². The molecule has 0 spiro atoms. The number of nitrogens with one attached hydrogen (secondary N) is 1. The zero-order valence-corrected chi connectivity index (χ0v) is 8.28. The minimum atomic E-state index is 0.337. The van der Waals surface area contributed by atoms with Gasteiger partial charge in [-0.15, -0.1) is 0 Å². The molecule has 0 aromatic carbocycles. The van der Waals surface area contributed by atoms with Gasteiger partial charge in [0.25, 0.3) is 0 Å². The molecule has 11 heavy (non-hydrogen) atoms. The van der Waals surface area contributed by atoms with E-state index < -0.39 is 0 Å². The van der Waals surface area contributed by atoms with Gasteiger partial charge in [-0.2, -0.15) is 0 Å². The lowest BCUT2D eigenvalue weighted by molar-refractivity contribution is 0.262. The molecule has 0 saturated carbocycles. The maximum atomic E-state index is 5.28. The van der Waals surface area contributed by atoms with E-state index in [0.29, 0.717) is 5.41 Å². The molecule has 3 N–H and O–H groups in total. The molecule has 0 bridgehead atoms. The summed E-state index contributed by atoms with van der Waals surface area (Å²) in [5.41, 5.74) is 3.07. The molecule has 0 fully saturated rings. The Hall–Kier alpha value is -0.0800. The van der Waals surface area contributed by atoms with Gasteiger partial charge in [-0.1, -0.05) is 34.1 Å². The Morgan fingerprint density at radius 3 is 2.36 bits per heavy atom. The first kappa shape index (κ1) is 10.9. The van der Waals surface area contributed by atoms with E-state index in [2.05, 4.69) is 33.1 Å². The van der Waals surface area contributed by atoms with Crippen LogP contribution in [0.3, 0.4) is 0 Å². The summed E-state index contributed by atoms with van der Waals surface area (Å²) in [5.74, 6) is 6.09. The number of nitrogens with two attached hydrogens (primary N) is 1. The van der Waals surface area contributed by atoms with Gasteiger partial charge in [0.05, 0.1) is 0 Å². The summed E-state index contributed by atoms with van der Waals surface area (Å²) in [6.45, 7) is 9.92. The van der Waals surface area contributed by atoms with Crippen molar-refractivity contribution in [3.05, 3.63) is 0 Å². The highest BCUT2D eigenvalue weighted by molar-refractivity contribution is 4.72. The zero-order chi connectivity index (χ0) is 8.91. The molecule has 0 aromatic rings. The highest BCUT2D eigenvalue weighted by atomic mass is 15.2. The number of hydrogen-bond donors (Lipinski definition) is 2. The lowest BCUT2D eigenvalue weighted by Crippen LogP contribution is -2.34. The fraction of sp³-hybridized carbons (Fsp3) is 1.00. The average molecular weight is 158 g/mol. The fourth-order valence-electron chi connectivity index (χ4n) is 1.44. The van der Waals surface area contributed by atoms with Crippen molar-refractivity contribution >= 4 is 0 Å². The molecule has 0 aliphatic carbocycles. The van der Waals surface area contributed by atoms with Crippen molar-refractivity contribution in [2.45, 2.75) is 40.5 Å². The standard InChI is InChI=1S/C9H22N2/c1-5-8(2)6-9(3,4)7-11-10/h8,11H,5-7,10H2,1-4H3. The predicted molar refractivity (Wildman–Crippen MR) is 50.0 cm³/mol. The topological polar surface area (TPSA) is 38.0 Å². The smallest absolute Gasteiger partial charge is 0.0149 e. The van der Waals surface area contributed by atoms with Crippen LogP contribution in [0.15, 0.2) is 0 Å². The van der Waals surface area contributed by atoms with Crippen LogP contribution in [0.5, 0.6) is 0 Å². The Labute approximate surface area is 70.5 Å². The quantitative estimate of drug-likeness (QED) is 0.474. The van der Waals surface area contributed by atoms with Crippen LogP contribution in [0.25, 0.3) is 0 Å². The van der Waals surface area contributed by atoms with E-state index in [1.54, 1.807) is 0 Å². The monoisotopic (exact) mass is 158 g/mol. The normalized spacial score (nSPS) is 15.0. The SMILES string of the molecule is CCC(C)CC(C)(C)CNN. The van der Waals surface area contributed by atoms with E-state index in [0.717, 1.165) is 12.5 Å². The molecule has 0 rings (SSSR count). The van der Waals surface area contributed by atoms with Gasteiger partial charge in [-0.25, -0.2) is 0 Å². The Kier molecular flexibility index (Phi) is 4.69. The van der Waals surface area contributed by atoms with Crippen LogP contribution >= 0.6 is 0 Å². The van der Waals surface area contributed by atoms with Crippen molar-refractivity contribution in [1.29, 1.82) is 0 Å². The molecule has 0 radical (unpaired) electrons. The Morgan fingerprint density at radius 2 is 2.00 bits per heavy atom. The molecule has 1 atom stereocenters. The molecule has 0 heterocycles. The number of rotatable bonds is 5. The zero-order valence-electron chi connectivity index (χ0n) is 8.28. The van der Waals surface area contributed by atoms with Crippen LogP contribution in [-0.4, -0.2) is 6.54 Å². The predicted octanol–water partition coefficient (Wildman–Crippen LogP) is 1.91. The van der Waals surface area contributed by atoms with Crippen LogP contribution in [-0.2, 0) is 0 Å². The maximum Gasteiger partial charge on any atom is 0.0149 e. The molecule has 2 heteroatoms. The minimum absolute atomic E-state index is 0.337. The van der Waals surface area contributed by atoms with Crippen molar-refractivity contribution in [3.63, 3.8) is 0 Å². The van der Waals surface area contributed by atoms with Gasteiger partial charge in [-0.05, 0) is 17.8 Å². The van der Waals surface area contributed by atoms with Gasteiger partial charge in [0, 0.05) is 6.54 Å².